The van der Waals surface area contributed by atoms with Crippen molar-refractivity contribution in [1.82, 2.24) is 10.2 Å². The van der Waals surface area contributed by atoms with E-state index in [1.54, 1.807) is 0 Å². The van der Waals surface area contributed by atoms with Crippen LogP contribution in [0.1, 0.15) is 5.56 Å². The third kappa shape index (κ3) is 2.82. The number of rotatable bonds is 3. The topological polar surface area (TPSA) is 15.3 Å². The van der Waals surface area contributed by atoms with Crippen molar-refractivity contribution in [2.75, 3.05) is 32.7 Å². The van der Waals surface area contributed by atoms with E-state index < -0.39 is 0 Å². The van der Waals surface area contributed by atoms with E-state index in [9.17, 15) is 0 Å². The van der Waals surface area contributed by atoms with E-state index in [0.717, 1.165) is 19.5 Å². The van der Waals surface area contributed by atoms with Crippen molar-refractivity contribution in [2.45, 2.75) is 6.42 Å². The van der Waals surface area contributed by atoms with Gasteiger partial charge in [-0.25, -0.2) is 0 Å². The number of nitrogens with one attached hydrogen (secondary N) is 1. The highest BCUT2D eigenvalue weighted by Gasteiger charge is 2.08. The maximum absolute atomic E-state index is 3.37. The van der Waals surface area contributed by atoms with Crippen molar-refractivity contribution in [2.24, 2.45) is 0 Å². The third-order valence-electron chi connectivity index (χ3n) is 2.71. The molecule has 14 heavy (non-hydrogen) atoms. The Morgan fingerprint density at radius 1 is 1.21 bits per heavy atom. The Morgan fingerprint density at radius 3 is 2.64 bits per heavy atom. The number of hydrogen-bond donors (Lipinski definition) is 1. The SMILES string of the molecule is [c]1ccc(CCN2CCNCC2)cc1. The summed E-state index contributed by atoms with van der Waals surface area (Å²) in [5.41, 5.74) is 1.42. The third-order valence-corrected chi connectivity index (χ3v) is 2.71. The molecule has 0 amide bonds. The summed E-state index contributed by atoms with van der Waals surface area (Å²) in [6.07, 6.45) is 1.16. The molecular weight excluding hydrogens is 172 g/mol. The van der Waals surface area contributed by atoms with Crippen molar-refractivity contribution >= 4 is 0 Å². The van der Waals surface area contributed by atoms with Crippen LogP contribution in [0, 0.1) is 6.07 Å². The lowest BCUT2D eigenvalue weighted by Crippen LogP contribution is -2.44. The Labute approximate surface area is 85.9 Å². The van der Waals surface area contributed by atoms with E-state index in [4.69, 9.17) is 0 Å². The van der Waals surface area contributed by atoms with Crippen molar-refractivity contribution in [3.63, 3.8) is 0 Å². The van der Waals surface area contributed by atoms with Crippen LogP contribution in [0.2, 0.25) is 0 Å². The van der Waals surface area contributed by atoms with Crippen molar-refractivity contribution in [1.29, 1.82) is 0 Å². The molecule has 0 saturated carbocycles. The Kier molecular flexibility index (Phi) is 3.55. The van der Waals surface area contributed by atoms with Gasteiger partial charge in [-0.05, 0) is 18.1 Å². The van der Waals surface area contributed by atoms with Gasteiger partial charge < -0.3 is 10.2 Å². The summed E-state index contributed by atoms with van der Waals surface area (Å²) in [7, 11) is 0. The van der Waals surface area contributed by atoms with Gasteiger partial charge in [0.05, 0.1) is 0 Å². The molecule has 2 rings (SSSR count). The molecule has 1 fully saturated rings. The summed E-state index contributed by atoms with van der Waals surface area (Å²) in [5, 5.41) is 3.37. The molecule has 1 aliphatic rings. The first-order valence-electron chi connectivity index (χ1n) is 5.33. The molecule has 0 aliphatic carbocycles. The predicted octanol–water partition coefficient (Wildman–Crippen LogP) is 0.934. The monoisotopic (exact) mass is 189 g/mol. The van der Waals surface area contributed by atoms with Crippen LogP contribution in [0.15, 0.2) is 24.3 Å². The summed E-state index contributed by atoms with van der Waals surface area (Å²) in [5.74, 6) is 0. The molecular formula is C12H17N2. The molecule has 0 unspecified atom stereocenters. The Bertz CT molecular complexity index is 252. The number of hydrogen-bond acceptors (Lipinski definition) is 2. The summed E-state index contributed by atoms with van der Waals surface area (Å²) < 4.78 is 0. The van der Waals surface area contributed by atoms with Crippen LogP contribution in [0.5, 0.6) is 0 Å². The molecule has 1 heterocycles. The van der Waals surface area contributed by atoms with Crippen molar-refractivity contribution < 1.29 is 0 Å². The summed E-state index contributed by atoms with van der Waals surface area (Å²) in [4.78, 5) is 2.52. The largest absolute Gasteiger partial charge is 0.314 e. The highest BCUT2D eigenvalue weighted by atomic mass is 15.2. The maximum Gasteiger partial charge on any atom is 0.0108 e. The van der Waals surface area contributed by atoms with Gasteiger partial charge in [-0.2, -0.15) is 0 Å². The van der Waals surface area contributed by atoms with Gasteiger partial charge in [-0.15, -0.1) is 0 Å². The molecule has 75 valence electrons. The molecule has 1 aliphatic heterocycles. The first-order valence-corrected chi connectivity index (χ1v) is 5.33. The molecule has 1 N–H and O–H groups in total. The van der Waals surface area contributed by atoms with Gasteiger partial charge in [0.25, 0.3) is 0 Å². The lowest BCUT2D eigenvalue weighted by Gasteiger charge is -2.27. The Hall–Kier alpha value is -0.860. The van der Waals surface area contributed by atoms with Crippen LogP contribution < -0.4 is 5.32 Å². The molecule has 1 aromatic carbocycles. The second-order valence-corrected chi connectivity index (χ2v) is 3.75. The van der Waals surface area contributed by atoms with E-state index in [1.165, 1.54) is 25.2 Å². The molecule has 2 heteroatoms. The summed E-state index contributed by atoms with van der Waals surface area (Å²) in [6.45, 7) is 5.86. The van der Waals surface area contributed by atoms with Crippen molar-refractivity contribution in [3.8, 4) is 0 Å². The average molecular weight is 189 g/mol. The fourth-order valence-corrected chi connectivity index (χ4v) is 1.81. The predicted molar refractivity (Wildman–Crippen MR) is 58.3 cm³/mol. The van der Waals surface area contributed by atoms with Gasteiger partial charge in [-0.1, -0.05) is 24.3 Å². The first-order chi connectivity index (χ1) is 6.95. The standard InChI is InChI=1S/C12H17N2/c1-2-4-12(5-3-1)6-9-14-10-7-13-8-11-14/h2-5,13H,6-11H2. The molecule has 0 spiro atoms. The molecule has 0 aromatic heterocycles. The zero-order valence-electron chi connectivity index (χ0n) is 8.50. The van der Waals surface area contributed by atoms with Gasteiger partial charge in [0.1, 0.15) is 0 Å². The Balaban J connectivity index is 1.76. The first kappa shape index (κ1) is 9.69. The lowest BCUT2D eigenvalue weighted by atomic mass is 10.1. The number of nitrogens with zero attached hydrogens (tertiary/aromatic N) is 1. The van der Waals surface area contributed by atoms with Crippen molar-refractivity contribution in [3.05, 3.63) is 35.9 Å². The van der Waals surface area contributed by atoms with E-state index in [2.05, 4.69) is 28.4 Å². The van der Waals surface area contributed by atoms with Crippen LogP contribution >= 0.6 is 0 Å². The Morgan fingerprint density at radius 2 is 1.93 bits per heavy atom. The molecule has 1 saturated heterocycles. The van der Waals surface area contributed by atoms with Gasteiger partial charge in [0.15, 0.2) is 0 Å². The van der Waals surface area contributed by atoms with E-state index in [-0.39, 0.29) is 0 Å². The van der Waals surface area contributed by atoms with E-state index >= 15 is 0 Å². The highest BCUT2D eigenvalue weighted by Crippen LogP contribution is 2.01. The molecule has 0 bridgehead atoms. The lowest BCUT2D eigenvalue weighted by molar-refractivity contribution is 0.244. The van der Waals surface area contributed by atoms with E-state index in [1.807, 2.05) is 12.1 Å². The quantitative estimate of drug-likeness (QED) is 0.761. The molecule has 2 nitrogen and oxygen atoms in total. The van der Waals surface area contributed by atoms with Gasteiger partial charge in [0, 0.05) is 32.7 Å². The van der Waals surface area contributed by atoms with Crippen LogP contribution in [-0.4, -0.2) is 37.6 Å². The van der Waals surface area contributed by atoms with Crippen LogP contribution in [0.4, 0.5) is 0 Å². The highest BCUT2D eigenvalue weighted by molar-refractivity contribution is 5.14. The molecule has 0 atom stereocenters. The average Bonchev–Trinajstić information content (AvgIpc) is 2.29. The fourth-order valence-electron chi connectivity index (χ4n) is 1.81. The van der Waals surface area contributed by atoms with Gasteiger partial charge in [-0.3, -0.25) is 0 Å². The number of piperazine rings is 1. The van der Waals surface area contributed by atoms with Crippen LogP contribution in [0.25, 0.3) is 0 Å². The van der Waals surface area contributed by atoms with Gasteiger partial charge in [0.2, 0.25) is 0 Å². The zero-order valence-corrected chi connectivity index (χ0v) is 8.50. The zero-order chi connectivity index (χ0) is 9.64. The van der Waals surface area contributed by atoms with E-state index in [0.29, 0.717) is 0 Å². The summed E-state index contributed by atoms with van der Waals surface area (Å²) in [6, 6.07) is 11.3. The van der Waals surface area contributed by atoms with Crippen LogP contribution in [0.3, 0.4) is 0 Å². The second-order valence-electron chi connectivity index (χ2n) is 3.75. The maximum atomic E-state index is 3.37. The minimum absolute atomic E-state index is 1.14. The minimum Gasteiger partial charge on any atom is -0.314 e. The fraction of sp³-hybridized carbons (Fsp3) is 0.500. The summed E-state index contributed by atoms with van der Waals surface area (Å²) >= 11 is 0. The van der Waals surface area contributed by atoms with Gasteiger partial charge >= 0.3 is 0 Å². The smallest absolute Gasteiger partial charge is 0.0108 e. The normalized spacial score (nSPS) is 18.3. The number of benzene rings is 1. The van der Waals surface area contributed by atoms with Crippen LogP contribution in [-0.2, 0) is 6.42 Å². The second kappa shape index (κ2) is 5.13. The molecule has 1 aromatic rings. The molecule has 1 radical (unpaired) electrons. The minimum atomic E-state index is 1.14.